The predicted octanol–water partition coefficient (Wildman–Crippen LogP) is 3.49. The fourth-order valence-corrected chi connectivity index (χ4v) is 3.57. The Hall–Kier alpha value is -2.41. The Morgan fingerprint density at radius 3 is 2.42 bits per heavy atom. The lowest BCUT2D eigenvalue weighted by atomic mass is 10.1. The highest BCUT2D eigenvalue weighted by Crippen LogP contribution is 2.27. The Labute approximate surface area is 148 Å². The largest absolute Gasteiger partial charge is 0.383 e. The van der Waals surface area contributed by atoms with Gasteiger partial charge in [0.2, 0.25) is 5.95 Å². The molecule has 0 bridgehead atoms. The number of nitrogens with two attached hydrogens (primary N) is 2. The molecule has 3 rings (SSSR count). The molecule has 6 nitrogen and oxygen atoms in total. The molecule has 2 heterocycles. The van der Waals surface area contributed by atoms with Gasteiger partial charge in [0.05, 0.1) is 5.39 Å². The third kappa shape index (κ3) is 2.99. The van der Waals surface area contributed by atoms with Crippen LogP contribution in [0.3, 0.4) is 0 Å². The zero-order valence-corrected chi connectivity index (χ0v) is 15.4. The van der Waals surface area contributed by atoms with Crippen molar-refractivity contribution in [3.63, 3.8) is 0 Å². The SMILES string of the molecule is Cc1cc(Br)cc(C)c1NCc1cnc2nc(N)nc(N)c2c1C. The van der Waals surface area contributed by atoms with Crippen molar-refractivity contribution in [2.24, 2.45) is 0 Å². The molecule has 0 radical (unpaired) electrons. The Morgan fingerprint density at radius 2 is 1.75 bits per heavy atom. The Morgan fingerprint density at radius 1 is 1.08 bits per heavy atom. The summed E-state index contributed by atoms with van der Waals surface area (Å²) in [5.41, 5.74) is 17.7. The number of hydrogen-bond donors (Lipinski definition) is 3. The minimum atomic E-state index is 0.138. The maximum atomic E-state index is 6.00. The van der Waals surface area contributed by atoms with Crippen molar-refractivity contribution in [2.45, 2.75) is 27.3 Å². The van der Waals surface area contributed by atoms with Gasteiger partial charge >= 0.3 is 0 Å². The van der Waals surface area contributed by atoms with Gasteiger partial charge in [0, 0.05) is 22.9 Å². The van der Waals surface area contributed by atoms with Crippen LogP contribution in [0.2, 0.25) is 0 Å². The highest BCUT2D eigenvalue weighted by molar-refractivity contribution is 9.10. The number of pyridine rings is 1. The Kier molecular flexibility index (Phi) is 4.28. The van der Waals surface area contributed by atoms with Gasteiger partial charge in [-0.05, 0) is 55.2 Å². The summed E-state index contributed by atoms with van der Waals surface area (Å²) in [6, 6.07) is 4.19. The molecular weight excluding hydrogens is 368 g/mol. The van der Waals surface area contributed by atoms with Crippen LogP contribution >= 0.6 is 15.9 Å². The van der Waals surface area contributed by atoms with Crippen LogP contribution in [0, 0.1) is 20.8 Å². The summed E-state index contributed by atoms with van der Waals surface area (Å²) >= 11 is 3.52. The van der Waals surface area contributed by atoms with Crippen molar-refractivity contribution >= 4 is 44.4 Å². The van der Waals surface area contributed by atoms with Gasteiger partial charge in [0.1, 0.15) is 5.82 Å². The number of rotatable bonds is 3. The van der Waals surface area contributed by atoms with Gasteiger partial charge in [-0.1, -0.05) is 15.9 Å². The van der Waals surface area contributed by atoms with Crippen molar-refractivity contribution in [2.75, 3.05) is 16.8 Å². The molecule has 0 fully saturated rings. The lowest BCUT2D eigenvalue weighted by Crippen LogP contribution is -2.08. The van der Waals surface area contributed by atoms with E-state index in [1.165, 1.54) is 11.1 Å². The third-order valence-electron chi connectivity index (χ3n) is 4.09. The molecule has 124 valence electrons. The van der Waals surface area contributed by atoms with E-state index in [1.54, 1.807) is 6.20 Å². The first-order chi connectivity index (χ1) is 11.4. The molecule has 0 aliphatic carbocycles. The van der Waals surface area contributed by atoms with Gasteiger partial charge in [0.25, 0.3) is 0 Å². The summed E-state index contributed by atoms with van der Waals surface area (Å²) in [4.78, 5) is 12.6. The molecule has 0 aliphatic rings. The smallest absolute Gasteiger partial charge is 0.224 e. The van der Waals surface area contributed by atoms with E-state index >= 15 is 0 Å². The van der Waals surface area contributed by atoms with Gasteiger partial charge < -0.3 is 16.8 Å². The van der Waals surface area contributed by atoms with Crippen LogP contribution in [0.25, 0.3) is 11.0 Å². The summed E-state index contributed by atoms with van der Waals surface area (Å²) in [7, 11) is 0. The number of nitrogen functional groups attached to an aromatic ring is 2. The quantitative estimate of drug-likeness (QED) is 0.636. The van der Waals surface area contributed by atoms with Crippen LogP contribution in [-0.2, 0) is 6.54 Å². The summed E-state index contributed by atoms with van der Waals surface area (Å²) < 4.78 is 1.08. The van der Waals surface area contributed by atoms with E-state index in [0.717, 1.165) is 26.7 Å². The number of hydrogen-bond acceptors (Lipinski definition) is 6. The van der Waals surface area contributed by atoms with Crippen molar-refractivity contribution < 1.29 is 0 Å². The number of anilines is 3. The number of nitrogens with one attached hydrogen (secondary N) is 1. The van der Waals surface area contributed by atoms with E-state index in [4.69, 9.17) is 11.5 Å². The highest BCUT2D eigenvalue weighted by atomic mass is 79.9. The molecule has 0 aliphatic heterocycles. The van der Waals surface area contributed by atoms with Gasteiger partial charge in [-0.2, -0.15) is 9.97 Å². The Balaban J connectivity index is 1.96. The normalized spacial score (nSPS) is 11.0. The molecule has 0 unspecified atom stereocenters. The second kappa shape index (κ2) is 6.24. The summed E-state index contributed by atoms with van der Waals surface area (Å²) in [5, 5.41) is 4.25. The van der Waals surface area contributed by atoms with Gasteiger partial charge in [-0.15, -0.1) is 0 Å². The third-order valence-corrected chi connectivity index (χ3v) is 4.55. The molecule has 0 spiro atoms. The van der Waals surface area contributed by atoms with Crippen molar-refractivity contribution in [1.82, 2.24) is 15.0 Å². The minimum absolute atomic E-state index is 0.138. The fraction of sp³-hybridized carbons (Fsp3) is 0.235. The second-order valence-electron chi connectivity index (χ2n) is 5.84. The summed E-state index contributed by atoms with van der Waals surface area (Å²) in [5.74, 6) is 0.499. The molecule has 0 saturated heterocycles. The van der Waals surface area contributed by atoms with E-state index in [1.807, 2.05) is 6.92 Å². The lowest BCUT2D eigenvalue weighted by molar-refractivity contribution is 1.08. The van der Waals surface area contributed by atoms with Crippen LogP contribution in [-0.4, -0.2) is 15.0 Å². The van der Waals surface area contributed by atoms with E-state index in [0.29, 0.717) is 18.0 Å². The molecule has 5 N–H and O–H groups in total. The van der Waals surface area contributed by atoms with Crippen LogP contribution in [0.5, 0.6) is 0 Å². The lowest BCUT2D eigenvalue weighted by Gasteiger charge is -2.15. The van der Waals surface area contributed by atoms with E-state index < -0.39 is 0 Å². The van der Waals surface area contributed by atoms with Gasteiger partial charge in [-0.3, -0.25) is 0 Å². The van der Waals surface area contributed by atoms with E-state index in [2.05, 4.69) is 62.2 Å². The maximum absolute atomic E-state index is 6.00. The predicted molar refractivity (Wildman–Crippen MR) is 102 cm³/mol. The molecule has 1 aromatic carbocycles. The van der Waals surface area contributed by atoms with Crippen LogP contribution in [0.4, 0.5) is 17.5 Å². The van der Waals surface area contributed by atoms with Crippen LogP contribution in [0.15, 0.2) is 22.8 Å². The topological polar surface area (TPSA) is 103 Å². The molecule has 0 amide bonds. The van der Waals surface area contributed by atoms with Crippen LogP contribution < -0.4 is 16.8 Å². The standard InChI is InChI=1S/C17H19BrN6/c1-8-4-12(18)5-9(2)14(8)21-6-11-7-22-16-13(10(11)3)15(19)23-17(20)24-16/h4-5,7,21H,6H2,1-3H3,(H4,19,20,22,23,24). The number of fused-ring (bicyclic) bond motifs is 1. The molecule has 2 aromatic heterocycles. The number of aromatic nitrogens is 3. The first kappa shape index (κ1) is 16.4. The summed E-state index contributed by atoms with van der Waals surface area (Å²) in [6.07, 6.45) is 1.81. The number of nitrogens with zero attached hydrogens (tertiary/aromatic N) is 3. The minimum Gasteiger partial charge on any atom is -0.383 e. The molecule has 0 saturated carbocycles. The zero-order chi connectivity index (χ0) is 17.4. The van der Waals surface area contributed by atoms with E-state index in [-0.39, 0.29) is 5.95 Å². The molecule has 24 heavy (non-hydrogen) atoms. The van der Waals surface area contributed by atoms with Crippen molar-refractivity contribution in [3.8, 4) is 0 Å². The average Bonchev–Trinajstić information content (AvgIpc) is 2.47. The fourth-order valence-electron chi connectivity index (χ4n) is 2.88. The molecular formula is C17H19BrN6. The van der Waals surface area contributed by atoms with Gasteiger partial charge in [0.15, 0.2) is 5.65 Å². The van der Waals surface area contributed by atoms with Crippen molar-refractivity contribution in [3.05, 3.63) is 45.1 Å². The zero-order valence-electron chi connectivity index (χ0n) is 13.8. The molecule has 0 atom stereocenters. The van der Waals surface area contributed by atoms with Crippen LogP contribution in [0.1, 0.15) is 22.3 Å². The summed E-state index contributed by atoms with van der Waals surface area (Å²) in [6.45, 7) is 6.81. The van der Waals surface area contributed by atoms with Crippen molar-refractivity contribution in [1.29, 1.82) is 0 Å². The van der Waals surface area contributed by atoms with E-state index in [9.17, 15) is 0 Å². The number of halogens is 1. The highest BCUT2D eigenvalue weighted by Gasteiger charge is 2.12. The molecule has 3 aromatic rings. The number of benzene rings is 1. The molecule has 7 heteroatoms. The maximum Gasteiger partial charge on any atom is 0.224 e. The van der Waals surface area contributed by atoms with Gasteiger partial charge in [-0.25, -0.2) is 4.98 Å². The first-order valence-electron chi connectivity index (χ1n) is 7.54. The Bertz CT molecular complexity index is 915. The second-order valence-corrected chi connectivity index (χ2v) is 6.76. The monoisotopic (exact) mass is 386 g/mol. The average molecular weight is 387 g/mol. The first-order valence-corrected chi connectivity index (χ1v) is 8.34. The number of aryl methyl sites for hydroxylation is 3.